The van der Waals surface area contributed by atoms with Crippen molar-refractivity contribution >= 4 is 35.0 Å². The van der Waals surface area contributed by atoms with Crippen LogP contribution in [0.4, 0.5) is 0 Å². The molecule has 0 saturated carbocycles. The molecule has 7 nitrogen and oxygen atoms in total. The second-order valence-electron chi connectivity index (χ2n) is 7.77. The number of aromatic nitrogens is 1. The Balaban J connectivity index is 1.92. The largest absolute Gasteiger partial charge is 0.496 e. The van der Waals surface area contributed by atoms with E-state index in [0.717, 1.165) is 0 Å². The Morgan fingerprint density at radius 1 is 1.21 bits per heavy atom. The summed E-state index contributed by atoms with van der Waals surface area (Å²) in [6.45, 7) is 3.47. The summed E-state index contributed by atoms with van der Waals surface area (Å²) in [6.07, 6.45) is 2.54. The number of ether oxygens (including phenoxy) is 1. The minimum atomic E-state index is -1.06. The summed E-state index contributed by atoms with van der Waals surface area (Å²) in [7, 11) is 1.48. The van der Waals surface area contributed by atoms with Gasteiger partial charge in [-0.05, 0) is 55.7 Å². The topological polar surface area (TPSA) is 98.7 Å². The van der Waals surface area contributed by atoms with Crippen LogP contribution in [0.25, 0.3) is 11.3 Å². The molecule has 0 saturated heterocycles. The Kier molecular flexibility index (Phi) is 7.79. The molecule has 9 heteroatoms. The maximum absolute atomic E-state index is 13.5. The average Bonchev–Trinajstić information content (AvgIpc) is 3.27. The third-order valence-corrected chi connectivity index (χ3v) is 6.06. The fourth-order valence-corrected chi connectivity index (χ4v) is 3.88. The number of halogens is 2. The maximum Gasteiger partial charge on any atom is 0.275 e. The number of rotatable bonds is 8. The van der Waals surface area contributed by atoms with Crippen molar-refractivity contribution < 1.29 is 18.7 Å². The predicted octanol–water partition coefficient (Wildman–Crippen LogP) is 5.13. The molecule has 0 aliphatic heterocycles. The number of hydrogen-bond donors (Lipinski definition) is 1. The van der Waals surface area contributed by atoms with Gasteiger partial charge in [0.15, 0.2) is 11.7 Å². The summed E-state index contributed by atoms with van der Waals surface area (Å²) < 4.78 is 11.0. The zero-order valence-electron chi connectivity index (χ0n) is 18.6. The Morgan fingerprint density at radius 2 is 1.91 bits per heavy atom. The number of imide groups is 1. The van der Waals surface area contributed by atoms with Gasteiger partial charge in [0.25, 0.3) is 11.8 Å². The SMILES string of the molecule is COc1cc(C(=O)N(N)C(=O)C(C)(CCCCl)c2ccc(Cl)cc2)ccc1-c1cnc(C)o1. The molecule has 0 spiro atoms. The number of benzene rings is 2. The number of aryl methyl sites for hydroxylation is 1. The van der Waals surface area contributed by atoms with Crippen LogP contribution in [-0.4, -0.2) is 34.8 Å². The summed E-state index contributed by atoms with van der Waals surface area (Å²) in [5.74, 6) is 6.62. The van der Waals surface area contributed by atoms with Crippen molar-refractivity contribution in [2.24, 2.45) is 5.84 Å². The first kappa shape index (κ1) is 24.8. The van der Waals surface area contributed by atoms with Gasteiger partial charge in [-0.1, -0.05) is 23.7 Å². The van der Waals surface area contributed by atoms with Crippen LogP contribution in [0.15, 0.2) is 53.1 Å². The number of nitrogens with two attached hydrogens (primary N) is 1. The zero-order chi connectivity index (χ0) is 24.2. The lowest BCUT2D eigenvalue weighted by atomic mass is 9.77. The second kappa shape index (κ2) is 10.4. The van der Waals surface area contributed by atoms with Gasteiger partial charge in [-0.15, -0.1) is 11.6 Å². The van der Waals surface area contributed by atoms with Gasteiger partial charge in [0, 0.05) is 23.4 Å². The van der Waals surface area contributed by atoms with Gasteiger partial charge in [0.1, 0.15) is 5.75 Å². The first-order valence-corrected chi connectivity index (χ1v) is 11.2. The van der Waals surface area contributed by atoms with E-state index in [-0.39, 0.29) is 5.56 Å². The van der Waals surface area contributed by atoms with Gasteiger partial charge in [0.05, 0.1) is 24.3 Å². The molecule has 1 heterocycles. The van der Waals surface area contributed by atoms with Crippen LogP contribution in [-0.2, 0) is 10.2 Å². The smallest absolute Gasteiger partial charge is 0.275 e. The van der Waals surface area contributed by atoms with Crippen molar-refractivity contribution in [2.45, 2.75) is 32.1 Å². The van der Waals surface area contributed by atoms with E-state index in [0.29, 0.717) is 57.3 Å². The van der Waals surface area contributed by atoms with Crippen molar-refractivity contribution in [3.05, 3.63) is 70.7 Å². The third-order valence-electron chi connectivity index (χ3n) is 5.54. The number of carbonyl (C=O) groups is 2. The van der Waals surface area contributed by atoms with E-state index in [9.17, 15) is 9.59 Å². The minimum Gasteiger partial charge on any atom is -0.496 e. The normalized spacial score (nSPS) is 12.8. The van der Waals surface area contributed by atoms with E-state index in [4.69, 9.17) is 38.2 Å². The number of amides is 2. The molecule has 0 bridgehead atoms. The molecule has 0 aliphatic rings. The van der Waals surface area contributed by atoms with Crippen LogP contribution < -0.4 is 10.6 Å². The highest BCUT2D eigenvalue weighted by atomic mass is 35.5. The van der Waals surface area contributed by atoms with Crippen LogP contribution in [0, 0.1) is 6.92 Å². The lowest BCUT2D eigenvalue weighted by molar-refractivity contribution is -0.134. The monoisotopic (exact) mass is 489 g/mol. The molecule has 1 aromatic heterocycles. The summed E-state index contributed by atoms with van der Waals surface area (Å²) in [5, 5.41) is 1.19. The molecule has 2 aromatic carbocycles. The van der Waals surface area contributed by atoms with Crippen LogP contribution >= 0.6 is 23.2 Å². The van der Waals surface area contributed by atoms with Crippen LogP contribution in [0.5, 0.6) is 5.75 Å². The van der Waals surface area contributed by atoms with E-state index in [1.165, 1.54) is 13.2 Å². The van der Waals surface area contributed by atoms with Crippen molar-refractivity contribution in [3.63, 3.8) is 0 Å². The minimum absolute atomic E-state index is 0.193. The first-order chi connectivity index (χ1) is 15.7. The first-order valence-electron chi connectivity index (χ1n) is 10.3. The van der Waals surface area contributed by atoms with Crippen molar-refractivity contribution in [1.29, 1.82) is 0 Å². The standard InChI is InChI=1S/C24H25Cl2N3O4/c1-15-28-14-21(33-15)19-10-5-16(13-20(19)32-3)22(30)29(27)23(31)24(2,11-4-12-25)17-6-8-18(26)9-7-17/h5-10,13-14H,4,11-12,27H2,1-3H3. The lowest BCUT2D eigenvalue weighted by Gasteiger charge is -2.32. The summed E-state index contributed by atoms with van der Waals surface area (Å²) >= 11 is 11.9. The molecule has 0 fully saturated rings. The van der Waals surface area contributed by atoms with Crippen LogP contribution in [0.3, 0.4) is 0 Å². The summed E-state index contributed by atoms with van der Waals surface area (Å²) in [5.41, 5.74) is 0.445. The molecule has 3 aromatic rings. The average molecular weight is 490 g/mol. The van der Waals surface area contributed by atoms with Crippen molar-refractivity contribution in [3.8, 4) is 17.1 Å². The highest BCUT2D eigenvalue weighted by Crippen LogP contribution is 2.34. The Labute approximate surface area is 202 Å². The van der Waals surface area contributed by atoms with Gasteiger partial charge in [0.2, 0.25) is 0 Å². The number of hydrogen-bond acceptors (Lipinski definition) is 6. The fraction of sp³-hybridized carbons (Fsp3) is 0.292. The fourth-order valence-electron chi connectivity index (χ4n) is 3.62. The number of hydrazine groups is 1. The van der Waals surface area contributed by atoms with Crippen LogP contribution in [0.2, 0.25) is 5.02 Å². The predicted molar refractivity (Wildman–Crippen MR) is 127 cm³/mol. The van der Waals surface area contributed by atoms with E-state index < -0.39 is 17.2 Å². The second-order valence-corrected chi connectivity index (χ2v) is 8.58. The highest BCUT2D eigenvalue weighted by Gasteiger charge is 2.39. The molecule has 174 valence electrons. The molecular formula is C24H25Cl2N3O4. The molecule has 2 N–H and O–H groups in total. The molecule has 0 aliphatic carbocycles. The van der Waals surface area contributed by atoms with E-state index in [1.807, 2.05) is 0 Å². The Morgan fingerprint density at radius 3 is 2.48 bits per heavy atom. The lowest BCUT2D eigenvalue weighted by Crippen LogP contribution is -2.51. The Bertz CT molecular complexity index is 1150. The molecule has 0 radical (unpaired) electrons. The number of alkyl halides is 1. The van der Waals surface area contributed by atoms with E-state index >= 15 is 0 Å². The van der Waals surface area contributed by atoms with E-state index in [2.05, 4.69) is 4.98 Å². The van der Waals surface area contributed by atoms with Gasteiger partial charge in [-0.3, -0.25) is 9.59 Å². The molecule has 1 atom stereocenters. The third kappa shape index (κ3) is 5.21. The summed E-state index contributed by atoms with van der Waals surface area (Å²) in [6, 6.07) is 11.6. The van der Waals surface area contributed by atoms with Gasteiger partial charge < -0.3 is 9.15 Å². The van der Waals surface area contributed by atoms with Crippen molar-refractivity contribution in [2.75, 3.05) is 13.0 Å². The zero-order valence-corrected chi connectivity index (χ0v) is 20.1. The molecule has 33 heavy (non-hydrogen) atoms. The molecule has 1 unspecified atom stereocenters. The Hall–Kier alpha value is -2.87. The molecule has 2 amide bonds. The van der Waals surface area contributed by atoms with Gasteiger partial charge in [-0.25, -0.2) is 15.8 Å². The number of nitrogens with zero attached hydrogens (tertiary/aromatic N) is 2. The number of oxazole rings is 1. The molecule has 3 rings (SSSR count). The highest BCUT2D eigenvalue weighted by molar-refractivity contribution is 6.30. The number of methoxy groups -OCH3 is 1. The van der Waals surface area contributed by atoms with Gasteiger partial charge >= 0.3 is 0 Å². The van der Waals surface area contributed by atoms with E-state index in [1.54, 1.807) is 56.4 Å². The van der Waals surface area contributed by atoms with Gasteiger partial charge in [-0.2, -0.15) is 0 Å². The maximum atomic E-state index is 13.5. The number of carbonyl (C=O) groups excluding carboxylic acids is 2. The molecular weight excluding hydrogens is 465 g/mol. The quantitative estimate of drug-likeness (QED) is 0.203. The van der Waals surface area contributed by atoms with Crippen molar-refractivity contribution in [1.82, 2.24) is 9.99 Å². The summed E-state index contributed by atoms with van der Waals surface area (Å²) in [4.78, 5) is 30.7. The van der Waals surface area contributed by atoms with Crippen LogP contribution in [0.1, 0.15) is 41.6 Å².